The Bertz CT molecular complexity index is 1070. The molecule has 27 heavy (non-hydrogen) atoms. The number of morpholine rings is 1. The zero-order valence-electron chi connectivity index (χ0n) is 14.5. The number of anilines is 1. The lowest BCUT2D eigenvalue weighted by Crippen LogP contribution is -2.38. The van der Waals surface area contributed by atoms with Gasteiger partial charge in [0.05, 0.1) is 30.0 Å². The Morgan fingerprint density at radius 3 is 2.26 bits per heavy atom. The molecule has 1 aromatic heterocycles. The van der Waals surface area contributed by atoms with Gasteiger partial charge in [-0.2, -0.15) is 0 Å². The molecule has 4 rings (SSSR count). The van der Waals surface area contributed by atoms with E-state index in [0.29, 0.717) is 53.7 Å². The van der Waals surface area contributed by atoms with Gasteiger partial charge in [0.15, 0.2) is 10.8 Å². The summed E-state index contributed by atoms with van der Waals surface area (Å²) in [6, 6.07) is 14.1. The monoisotopic (exact) mass is 403 g/mol. The summed E-state index contributed by atoms with van der Waals surface area (Å²) in [5.74, 6) is 0.236. The average molecular weight is 404 g/mol. The molecule has 0 spiro atoms. The van der Waals surface area contributed by atoms with Crippen LogP contribution in [0.4, 0.5) is 5.82 Å². The van der Waals surface area contributed by atoms with Crippen molar-refractivity contribution in [2.75, 3.05) is 31.2 Å². The molecule has 3 aromatic rings. The van der Waals surface area contributed by atoms with Crippen LogP contribution in [0.25, 0.3) is 11.0 Å². The lowest BCUT2D eigenvalue weighted by atomic mass is 10.2. The molecule has 1 aliphatic rings. The van der Waals surface area contributed by atoms with Gasteiger partial charge in [-0.3, -0.25) is 0 Å². The number of ether oxygens (including phenoxy) is 1. The summed E-state index contributed by atoms with van der Waals surface area (Å²) in [6.45, 7) is 2.23. The summed E-state index contributed by atoms with van der Waals surface area (Å²) in [6.07, 6.45) is 0. The first-order chi connectivity index (χ1) is 13.0. The third kappa shape index (κ3) is 3.90. The molecule has 0 bridgehead atoms. The number of fused-ring (bicyclic) bond motifs is 1. The van der Waals surface area contributed by atoms with E-state index >= 15 is 0 Å². The zero-order chi connectivity index (χ0) is 18.9. The van der Waals surface area contributed by atoms with E-state index in [1.165, 1.54) is 0 Å². The quantitative estimate of drug-likeness (QED) is 0.666. The molecule has 0 radical (unpaired) electrons. The second kappa shape index (κ2) is 7.42. The molecule has 0 aliphatic carbocycles. The van der Waals surface area contributed by atoms with Crippen LogP contribution in [0.2, 0.25) is 5.02 Å². The van der Waals surface area contributed by atoms with Gasteiger partial charge in [-0.25, -0.2) is 18.4 Å². The van der Waals surface area contributed by atoms with Crippen molar-refractivity contribution in [1.29, 1.82) is 0 Å². The number of hydrogen-bond donors (Lipinski definition) is 0. The second-order valence-electron chi connectivity index (χ2n) is 6.33. The first-order valence-electron chi connectivity index (χ1n) is 8.60. The maximum atomic E-state index is 13.2. The Morgan fingerprint density at radius 2 is 1.59 bits per heavy atom. The number of sulfone groups is 1. The van der Waals surface area contributed by atoms with Crippen LogP contribution in [0.3, 0.4) is 0 Å². The molecule has 1 saturated heterocycles. The van der Waals surface area contributed by atoms with Gasteiger partial charge in [0.1, 0.15) is 0 Å². The number of benzene rings is 2. The Hall–Kier alpha value is -2.22. The molecule has 0 amide bonds. The topological polar surface area (TPSA) is 72.4 Å². The number of para-hydroxylation sites is 2. The van der Waals surface area contributed by atoms with E-state index in [1.807, 2.05) is 23.1 Å². The first kappa shape index (κ1) is 18.2. The number of aromatic nitrogens is 2. The van der Waals surface area contributed by atoms with Crippen molar-refractivity contribution in [2.24, 2.45) is 0 Å². The van der Waals surface area contributed by atoms with Gasteiger partial charge >= 0.3 is 0 Å². The van der Waals surface area contributed by atoms with E-state index in [0.717, 1.165) is 0 Å². The molecular weight excluding hydrogens is 386 g/mol. The van der Waals surface area contributed by atoms with Crippen molar-refractivity contribution < 1.29 is 13.2 Å². The molecule has 0 saturated carbocycles. The van der Waals surface area contributed by atoms with Gasteiger partial charge in [0, 0.05) is 18.1 Å². The van der Waals surface area contributed by atoms with Crippen LogP contribution in [0.1, 0.15) is 5.56 Å². The molecule has 0 unspecified atom stereocenters. The summed E-state index contributed by atoms with van der Waals surface area (Å²) in [5, 5.41) is 0.578. The van der Waals surface area contributed by atoms with Crippen molar-refractivity contribution in [2.45, 2.75) is 10.8 Å². The van der Waals surface area contributed by atoms with Gasteiger partial charge in [-0.1, -0.05) is 35.9 Å². The first-order valence-corrected chi connectivity index (χ1v) is 10.6. The highest BCUT2D eigenvalue weighted by Gasteiger charge is 2.27. The number of rotatable bonds is 4. The van der Waals surface area contributed by atoms with Crippen LogP contribution in [0, 0.1) is 0 Å². The fourth-order valence-electron chi connectivity index (χ4n) is 3.03. The Labute approximate surface area is 162 Å². The molecule has 8 heteroatoms. The molecule has 6 nitrogen and oxygen atoms in total. The lowest BCUT2D eigenvalue weighted by molar-refractivity contribution is 0.122. The molecule has 0 N–H and O–H groups in total. The predicted molar refractivity (Wildman–Crippen MR) is 105 cm³/mol. The minimum absolute atomic E-state index is 0.0121. The van der Waals surface area contributed by atoms with E-state index in [2.05, 4.69) is 9.97 Å². The van der Waals surface area contributed by atoms with E-state index in [4.69, 9.17) is 16.3 Å². The van der Waals surface area contributed by atoms with Gasteiger partial charge in [-0.15, -0.1) is 0 Å². The van der Waals surface area contributed by atoms with Crippen molar-refractivity contribution in [3.05, 3.63) is 59.1 Å². The molecule has 2 heterocycles. The van der Waals surface area contributed by atoms with Crippen molar-refractivity contribution >= 4 is 38.3 Å². The van der Waals surface area contributed by atoms with Gasteiger partial charge in [0.25, 0.3) is 0 Å². The fraction of sp³-hybridized carbons (Fsp3) is 0.263. The van der Waals surface area contributed by atoms with Crippen LogP contribution in [-0.4, -0.2) is 44.7 Å². The fourth-order valence-corrected chi connectivity index (χ4v) is 4.62. The van der Waals surface area contributed by atoms with Crippen molar-refractivity contribution in [3.8, 4) is 0 Å². The summed E-state index contributed by atoms with van der Waals surface area (Å²) in [7, 11) is -3.70. The molecule has 0 atom stereocenters. The molecule has 2 aromatic carbocycles. The maximum Gasteiger partial charge on any atom is 0.203 e. The lowest BCUT2D eigenvalue weighted by Gasteiger charge is -2.29. The summed E-state index contributed by atoms with van der Waals surface area (Å²) >= 11 is 5.90. The van der Waals surface area contributed by atoms with E-state index in [9.17, 15) is 8.42 Å². The van der Waals surface area contributed by atoms with Gasteiger partial charge in [-0.05, 0) is 29.8 Å². The van der Waals surface area contributed by atoms with Crippen LogP contribution >= 0.6 is 11.6 Å². The van der Waals surface area contributed by atoms with Gasteiger partial charge in [0.2, 0.25) is 9.84 Å². The second-order valence-corrected chi connectivity index (χ2v) is 8.67. The summed E-state index contributed by atoms with van der Waals surface area (Å²) in [5.41, 5.74) is 1.89. The maximum absolute atomic E-state index is 13.2. The van der Waals surface area contributed by atoms with Crippen LogP contribution in [0.15, 0.2) is 53.6 Å². The standard InChI is InChI=1S/C19H18ClN3O3S/c20-15-7-5-14(6-8-15)13-27(24,25)19-18(23-9-11-26-12-10-23)21-16-3-1-2-4-17(16)22-19/h1-8H,9-13H2. The van der Waals surface area contributed by atoms with Gasteiger partial charge < -0.3 is 9.64 Å². The normalized spacial score (nSPS) is 15.2. The minimum Gasteiger partial charge on any atom is -0.378 e. The molecule has 1 aliphatic heterocycles. The Kier molecular flexibility index (Phi) is 4.99. The average Bonchev–Trinajstić information content (AvgIpc) is 2.69. The minimum atomic E-state index is -3.70. The largest absolute Gasteiger partial charge is 0.378 e. The highest BCUT2D eigenvalue weighted by Crippen LogP contribution is 2.28. The summed E-state index contributed by atoms with van der Waals surface area (Å²) < 4.78 is 31.8. The summed E-state index contributed by atoms with van der Waals surface area (Å²) in [4.78, 5) is 11.0. The van der Waals surface area contributed by atoms with Crippen LogP contribution in [0.5, 0.6) is 0 Å². The molecule has 1 fully saturated rings. The third-order valence-corrected chi connectivity index (χ3v) is 6.22. The predicted octanol–water partition coefficient (Wildman–Crippen LogP) is 3.09. The van der Waals surface area contributed by atoms with E-state index < -0.39 is 9.84 Å². The number of nitrogens with zero attached hydrogens (tertiary/aromatic N) is 3. The van der Waals surface area contributed by atoms with E-state index in [1.54, 1.807) is 30.3 Å². The van der Waals surface area contributed by atoms with Crippen molar-refractivity contribution in [3.63, 3.8) is 0 Å². The third-order valence-electron chi connectivity index (χ3n) is 4.40. The van der Waals surface area contributed by atoms with Crippen molar-refractivity contribution in [1.82, 2.24) is 9.97 Å². The Balaban J connectivity index is 1.81. The number of hydrogen-bond acceptors (Lipinski definition) is 6. The zero-order valence-corrected chi connectivity index (χ0v) is 16.1. The molecule has 140 valence electrons. The highest BCUT2D eigenvalue weighted by atomic mass is 35.5. The molecular formula is C19H18ClN3O3S. The SMILES string of the molecule is O=S(=O)(Cc1ccc(Cl)cc1)c1nc2ccccc2nc1N1CCOCC1. The number of halogens is 1. The smallest absolute Gasteiger partial charge is 0.203 e. The van der Waals surface area contributed by atoms with Crippen LogP contribution in [-0.2, 0) is 20.3 Å². The van der Waals surface area contributed by atoms with E-state index in [-0.39, 0.29) is 10.8 Å². The van der Waals surface area contributed by atoms with Crippen LogP contribution < -0.4 is 4.90 Å². The Morgan fingerprint density at radius 1 is 0.963 bits per heavy atom. The highest BCUT2D eigenvalue weighted by molar-refractivity contribution is 7.90.